The van der Waals surface area contributed by atoms with Crippen molar-refractivity contribution in [3.05, 3.63) is 34.9 Å². The maximum atomic E-state index is 11.5. The van der Waals surface area contributed by atoms with Crippen LogP contribution in [0.2, 0.25) is 5.02 Å². The van der Waals surface area contributed by atoms with E-state index in [1.807, 2.05) is 23.1 Å². The minimum Gasteiger partial charge on any atom is -0.480 e. The predicted octanol–water partition coefficient (Wildman–Crippen LogP) is 1.58. The number of hydrogen-bond acceptors (Lipinski definition) is 3. The predicted molar refractivity (Wildman–Crippen MR) is 75.6 cm³/mol. The fourth-order valence-electron chi connectivity index (χ4n) is 2.39. The van der Waals surface area contributed by atoms with Crippen LogP contribution in [-0.2, 0) is 11.2 Å². The van der Waals surface area contributed by atoms with Crippen LogP contribution in [-0.4, -0.2) is 60.1 Å². The Labute approximate surface area is 118 Å². The number of benzene rings is 1. The number of nitrogens with zero attached hydrogens (tertiary/aromatic N) is 2. The van der Waals surface area contributed by atoms with Crippen molar-refractivity contribution >= 4 is 17.6 Å². The fraction of sp³-hybridized carbons (Fsp3) is 0.500. The molecule has 19 heavy (non-hydrogen) atoms. The van der Waals surface area contributed by atoms with Crippen LogP contribution in [0, 0.1) is 0 Å². The second-order valence-electron chi connectivity index (χ2n) is 5.03. The van der Waals surface area contributed by atoms with Gasteiger partial charge in [0, 0.05) is 31.2 Å². The van der Waals surface area contributed by atoms with Gasteiger partial charge in [0.1, 0.15) is 6.04 Å². The molecule has 0 aliphatic carbocycles. The molecular weight excluding hydrogens is 264 g/mol. The van der Waals surface area contributed by atoms with Crippen LogP contribution in [0.3, 0.4) is 0 Å². The zero-order valence-electron chi connectivity index (χ0n) is 11.1. The Balaban J connectivity index is 2.06. The highest BCUT2D eigenvalue weighted by Crippen LogP contribution is 2.16. The lowest BCUT2D eigenvalue weighted by Crippen LogP contribution is -2.52. The molecule has 1 fully saturated rings. The van der Waals surface area contributed by atoms with Crippen LogP contribution >= 0.6 is 11.6 Å². The molecule has 0 amide bonds. The second-order valence-corrected chi connectivity index (χ2v) is 5.46. The highest BCUT2D eigenvalue weighted by molar-refractivity contribution is 6.30. The van der Waals surface area contributed by atoms with E-state index in [-0.39, 0.29) is 0 Å². The molecule has 0 radical (unpaired) electrons. The van der Waals surface area contributed by atoms with Crippen molar-refractivity contribution in [2.75, 3.05) is 33.2 Å². The summed E-state index contributed by atoms with van der Waals surface area (Å²) in [6, 6.07) is 6.97. The van der Waals surface area contributed by atoms with Gasteiger partial charge in [0.05, 0.1) is 0 Å². The lowest BCUT2D eigenvalue weighted by molar-refractivity contribution is -0.144. The molecule has 2 rings (SSSR count). The molecular formula is C14H19ClN2O2. The molecule has 1 aromatic rings. The molecule has 1 atom stereocenters. The maximum absolute atomic E-state index is 11.5. The number of hydrogen-bond donors (Lipinski definition) is 1. The van der Waals surface area contributed by atoms with Crippen LogP contribution in [0.15, 0.2) is 24.3 Å². The van der Waals surface area contributed by atoms with E-state index in [0.717, 1.165) is 31.7 Å². The summed E-state index contributed by atoms with van der Waals surface area (Å²) in [5.41, 5.74) is 0.971. The molecule has 1 aliphatic rings. The van der Waals surface area contributed by atoms with E-state index in [0.29, 0.717) is 11.4 Å². The zero-order chi connectivity index (χ0) is 13.8. The van der Waals surface area contributed by atoms with E-state index in [9.17, 15) is 9.90 Å². The van der Waals surface area contributed by atoms with Gasteiger partial charge in [-0.25, -0.2) is 0 Å². The minimum atomic E-state index is -0.760. The number of carboxylic acid groups (broad SMARTS) is 1. The van der Waals surface area contributed by atoms with Gasteiger partial charge >= 0.3 is 5.97 Å². The number of piperazine rings is 1. The third kappa shape index (κ3) is 3.93. The Bertz CT molecular complexity index is 445. The zero-order valence-corrected chi connectivity index (χ0v) is 11.8. The number of rotatable bonds is 4. The SMILES string of the molecule is CN1CCN([C@@H](Cc2cccc(Cl)c2)C(=O)O)CC1. The molecule has 0 bridgehead atoms. The normalized spacial score (nSPS) is 19.3. The van der Waals surface area contributed by atoms with Crippen LogP contribution in [0.1, 0.15) is 5.56 Å². The van der Waals surface area contributed by atoms with E-state index in [1.165, 1.54) is 0 Å². The molecule has 0 unspecified atom stereocenters. The quantitative estimate of drug-likeness (QED) is 0.911. The Morgan fingerprint density at radius 2 is 2.05 bits per heavy atom. The van der Waals surface area contributed by atoms with Crippen molar-refractivity contribution in [1.82, 2.24) is 9.80 Å². The van der Waals surface area contributed by atoms with E-state index < -0.39 is 12.0 Å². The van der Waals surface area contributed by atoms with Gasteiger partial charge in [0.25, 0.3) is 0 Å². The first-order valence-electron chi connectivity index (χ1n) is 6.46. The molecule has 1 N–H and O–H groups in total. The van der Waals surface area contributed by atoms with E-state index >= 15 is 0 Å². The average Bonchev–Trinajstić information content (AvgIpc) is 2.37. The topological polar surface area (TPSA) is 43.8 Å². The molecule has 0 saturated carbocycles. The van der Waals surface area contributed by atoms with Gasteiger partial charge in [-0.05, 0) is 31.2 Å². The molecule has 0 spiro atoms. The maximum Gasteiger partial charge on any atom is 0.321 e. The molecule has 5 heteroatoms. The molecule has 0 aromatic heterocycles. The number of carboxylic acids is 1. The van der Waals surface area contributed by atoms with Crippen LogP contribution in [0.5, 0.6) is 0 Å². The Hall–Kier alpha value is -1.10. The summed E-state index contributed by atoms with van der Waals surface area (Å²) < 4.78 is 0. The van der Waals surface area contributed by atoms with Crippen molar-refractivity contribution in [3.63, 3.8) is 0 Å². The Morgan fingerprint density at radius 3 is 2.63 bits per heavy atom. The van der Waals surface area contributed by atoms with Crippen LogP contribution in [0.25, 0.3) is 0 Å². The Kier molecular flexibility index (Phi) is 4.80. The first-order valence-corrected chi connectivity index (χ1v) is 6.84. The van der Waals surface area contributed by atoms with E-state index in [1.54, 1.807) is 6.07 Å². The third-order valence-electron chi connectivity index (χ3n) is 3.58. The van der Waals surface area contributed by atoms with Crippen molar-refractivity contribution < 1.29 is 9.90 Å². The average molecular weight is 283 g/mol. The van der Waals surface area contributed by atoms with Crippen molar-refractivity contribution in [3.8, 4) is 0 Å². The first-order chi connectivity index (χ1) is 9.06. The van der Waals surface area contributed by atoms with Crippen molar-refractivity contribution in [2.45, 2.75) is 12.5 Å². The smallest absolute Gasteiger partial charge is 0.321 e. The summed E-state index contributed by atoms with van der Waals surface area (Å²) >= 11 is 5.95. The second kappa shape index (κ2) is 6.37. The van der Waals surface area contributed by atoms with E-state index in [4.69, 9.17) is 11.6 Å². The third-order valence-corrected chi connectivity index (χ3v) is 3.82. The van der Waals surface area contributed by atoms with Crippen molar-refractivity contribution in [2.24, 2.45) is 0 Å². The largest absolute Gasteiger partial charge is 0.480 e. The Morgan fingerprint density at radius 1 is 1.37 bits per heavy atom. The van der Waals surface area contributed by atoms with Crippen LogP contribution in [0.4, 0.5) is 0 Å². The molecule has 1 aromatic carbocycles. The van der Waals surface area contributed by atoms with Gasteiger partial charge in [-0.3, -0.25) is 9.69 Å². The van der Waals surface area contributed by atoms with Crippen LogP contribution < -0.4 is 0 Å². The van der Waals surface area contributed by atoms with Gasteiger partial charge in [0.2, 0.25) is 0 Å². The van der Waals surface area contributed by atoms with Gasteiger partial charge < -0.3 is 10.0 Å². The number of halogens is 1. The van der Waals surface area contributed by atoms with Gasteiger partial charge in [-0.1, -0.05) is 23.7 Å². The summed E-state index contributed by atoms with van der Waals surface area (Å²) in [6.45, 7) is 3.43. The number of carbonyl (C=O) groups is 1. The first kappa shape index (κ1) is 14.3. The number of aliphatic carboxylic acids is 1. The lowest BCUT2D eigenvalue weighted by atomic mass is 10.0. The minimum absolute atomic E-state index is 0.466. The summed E-state index contributed by atoms with van der Waals surface area (Å²) in [4.78, 5) is 15.7. The molecule has 104 valence electrons. The molecule has 1 saturated heterocycles. The fourth-order valence-corrected chi connectivity index (χ4v) is 2.61. The molecule has 4 nitrogen and oxygen atoms in total. The standard InChI is InChI=1S/C14H19ClN2O2/c1-16-5-7-17(8-6-16)13(14(18)19)10-11-3-2-4-12(15)9-11/h2-4,9,13H,5-8,10H2,1H3,(H,18,19)/t13-/m0/s1. The summed E-state index contributed by atoms with van der Waals surface area (Å²) in [7, 11) is 2.06. The lowest BCUT2D eigenvalue weighted by Gasteiger charge is -2.36. The highest BCUT2D eigenvalue weighted by Gasteiger charge is 2.28. The van der Waals surface area contributed by atoms with Crippen molar-refractivity contribution in [1.29, 1.82) is 0 Å². The summed E-state index contributed by atoms with van der Waals surface area (Å²) in [5, 5.41) is 10.1. The molecule has 1 aliphatic heterocycles. The van der Waals surface area contributed by atoms with Gasteiger partial charge in [-0.15, -0.1) is 0 Å². The number of likely N-dealkylation sites (N-methyl/N-ethyl adjacent to an activating group) is 1. The van der Waals surface area contributed by atoms with Gasteiger partial charge in [0.15, 0.2) is 0 Å². The highest BCUT2D eigenvalue weighted by atomic mass is 35.5. The van der Waals surface area contributed by atoms with Gasteiger partial charge in [-0.2, -0.15) is 0 Å². The summed E-state index contributed by atoms with van der Waals surface area (Å²) in [5.74, 6) is -0.760. The summed E-state index contributed by atoms with van der Waals surface area (Å²) in [6.07, 6.45) is 0.500. The van der Waals surface area contributed by atoms with E-state index in [2.05, 4.69) is 11.9 Å². The monoisotopic (exact) mass is 282 g/mol. The molecule has 1 heterocycles.